The molecule has 3 atom stereocenters. The molecule has 0 aliphatic heterocycles. The molecule has 0 aromatic heterocycles. The molecule has 0 spiro atoms. The highest BCUT2D eigenvalue weighted by Crippen LogP contribution is 2.57. The minimum absolute atomic E-state index is 0.0405. The van der Waals surface area contributed by atoms with Gasteiger partial charge in [-0.25, -0.2) is 0 Å². The largest absolute Gasteiger partial charge is 0.481 e. The van der Waals surface area contributed by atoms with E-state index in [1.54, 1.807) is 0 Å². The molecule has 0 saturated heterocycles. The Labute approximate surface area is 66.6 Å². The van der Waals surface area contributed by atoms with Crippen LogP contribution in [-0.4, -0.2) is 11.1 Å². The van der Waals surface area contributed by atoms with Crippen LogP contribution in [0.2, 0.25) is 0 Å². The molecule has 2 aliphatic carbocycles. The van der Waals surface area contributed by atoms with Gasteiger partial charge in [0.15, 0.2) is 0 Å². The first-order valence-electron chi connectivity index (χ1n) is 4.35. The first kappa shape index (κ1) is 7.14. The number of hydrogen-bond acceptors (Lipinski definition) is 1. The number of aliphatic carboxylic acids is 1. The van der Waals surface area contributed by atoms with Crippen LogP contribution in [0.4, 0.5) is 0 Å². The summed E-state index contributed by atoms with van der Waals surface area (Å²) in [6.45, 7) is 2.14. The van der Waals surface area contributed by atoms with Crippen LogP contribution in [0.3, 0.4) is 0 Å². The highest BCUT2D eigenvalue weighted by atomic mass is 16.4. The van der Waals surface area contributed by atoms with E-state index in [1.807, 2.05) is 0 Å². The molecule has 1 N–H and O–H groups in total. The van der Waals surface area contributed by atoms with E-state index in [0.717, 1.165) is 25.2 Å². The lowest BCUT2D eigenvalue weighted by Gasteiger charge is -2.27. The summed E-state index contributed by atoms with van der Waals surface area (Å²) >= 11 is 0. The molecule has 2 unspecified atom stereocenters. The molecule has 11 heavy (non-hydrogen) atoms. The number of carbonyl (C=O) groups is 1. The van der Waals surface area contributed by atoms with Crippen LogP contribution in [-0.2, 0) is 4.79 Å². The first-order chi connectivity index (χ1) is 5.12. The van der Waals surface area contributed by atoms with E-state index in [-0.39, 0.29) is 11.3 Å². The molecule has 2 saturated carbocycles. The monoisotopic (exact) mass is 154 g/mol. The average molecular weight is 154 g/mol. The van der Waals surface area contributed by atoms with Gasteiger partial charge in [-0.2, -0.15) is 0 Å². The summed E-state index contributed by atoms with van der Waals surface area (Å²) in [6.07, 6.45) is 4.49. The van der Waals surface area contributed by atoms with Gasteiger partial charge in [0.25, 0.3) is 0 Å². The van der Waals surface area contributed by atoms with Gasteiger partial charge in [0.1, 0.15) is 0 Å². The van der Waals surface area contributed by atoms with Gasteiger partial charge in [0, 0.05) is 0 Å². The fourth-order valence-electron chi connectivity index (χ4n) is 2.93. The van der Waals surface area contributed by atoms with Crippen LogP contribution < -0.4 is 0 Å². The molecule has 2 nitrogen and oxygen atoms in total. The molecule has 2 heteroatoms. The van der Waals surface area contributed by atoms with Crippen LogP contribution >= 0.6 is 0 Å². The van der Waals surface area contributed by atoms with Crippen molar-refractivity contribution >= 4 is 5.97 Å². The van der Waals surface area contributed by atoms with Crippen LogP contribution in [0.25, 0.3) is 0 Å². The number of hydrogen-bond donors (Lipinski definition) is 1. The molecule has 0 aromatic rings. The quantitative estimate of drug-likeness (QED) is 0.626. The molecule has 0 aromatic carbocycles. The average Bonchev–Trinajstić information content (AvgIpc) is 2.41. The predicted octanol–water partition coefficient (Wildman–Crippen LogP) is 1.90. The normalized spacial score (nSPS) is 48.1. The highest BCUT2D eigenvalue weighted by Gasteiger charge is 2.51. The van der Waals surface area contributed by atoms with Crippen LogP contribution in [0.15, 0.2) is 0 Å². The van der Waals surface area contributed by atoms with E-state index < -0.39 is 5.97 Å². The Morgan fingerprint density at radius 3 is 2.64 bits per heavy atom. The van der Waals surface area contributed by atoms with E-state index in [0.29, 0.717) is 0 Å². The zero-order valence-corrected chi connectivity index (χ0v) is 6.84. The van der Waals surface area contributed by atoms with E-state index in [9.17, 15) is 4.79 Å². The Morgan fingerprint density at radius 2 is 2.36 bits per heavy atom. The molecule has 2 fully saturated rings. The van der Waals surface area contributed by atoms with E-state index in [1.165, 1.54) is 6.42 Å². The lowest BCUT2D eigenvalue weighted by molar-refractivity contribution is -0.145. The summed E-state index contributed by atoms with van der Waals surface area (Å²) in [5, 5.41) is 8.90. The SMILES string of the molecule is CC12CCC(C[C@@H]1C(=O)O)C2. The first-order valence-corrected chi connectivity index (χ1v) is 4.35. The third-order valence-electron chi connectivity index (χ3n) is 3.59. The molecule has 62 valence electrons. The summed E-state index contributed by atoms with van der Waals surface area (Å²) in [4.78, 5) is 10.8. The smallest absolute Gasteiger partial charge is 0.307 e. The van der Waals surface area contributed by atoms with Crippen LogP contribution in [0.1, 0.15) is 32.6 Å². The lowest BCUT2D eigenvalue weighted by atomic mass is 9.77. The molecule has 0 radical (unpaired) electrons. The summed E-state index contributed by atoms with van der Waals surface area (Å²) in [5.41, 5.74) is 0.149. The van der Waals surface area contributed by atoms with Crippen molar-refractivity contribution in [2.75, 3.05) is 0 Å². The van der Waals surface area contributed by atoms with E-state index in [2.05, 4.69) is 6.92 Å². The van der Waals surface area contributed by atoms with Gasteiger partial charge in [-0.3, -0.25) is 4.79 Å². The zero-order chi connectivity index (χ0) is 8.06. The fourth-order valence-corrected chi connectivity index (χ4v) is 2.93. The number of carboxylic acid groups (broad SMARTS) is 1. The number of rotatable bonds is 1. The third kappa shape index (κ3) is 0.883. The highest BCUT2D eigenvalue weighted by molar-refractivity contribution is 5.71. The maximum Gasteiger partial charge on any atom is 0.307 e. The van der Waals surface area contributed by atoms with Crippen molar-refractivity contribution in [1.82, 2.24) is 0 Å². The Morgan fingerprint density at radius 1 is 1.64 bits per heavy atom. The van der Waals surface area contributed by atoms with Crippen molar-refractivity contribution in [3.05, 3.63) is 0 Å². The second-order valence-corrected chi connectivity index (χ2v) is 4.39. The van der Waals surface area contributed by atoms with Crippen molar-refractivity contribution < 1.29 is 9.90 Å². The van der Waals surface area contributed by atoms with Gasteiger partial charge in [-0.1, -0.05) is 6.92 Å². The van der Waals surface area contributed by atoms with Gasteiger partial charge in [0.2, 0.25) is 0 Å². The van der Waals surface area contributed by atoms with Gasteiger partial charge >= 0.3 is 5.97 Å². The molecule has 2 aliphatic rings. The van der Waals surface area contributed by atoms with Gasteiger partial charge < -0.3 is 5.11 Å². The minimum Gasteiger partial charge on any atom is -0.481 e. The molecular formula is C9H14O2. The summed E-state index contributed by atoms with van der Waals surface area (Å²) in [5.74, 6) is 0.108. The predicted molar refractivity (Wildman–Crippen MR) is 41.2 cm³/mol. The number of carboxylic acids is 1. The summed E-state index contributed by atoms with van der Waals surface area (Å²) < 4.78 is 0. The maximum absolute atomic E-state index is 10.8. The molecule has 0 amide bonds. The standard InChI is InChI=1S/C9H14O2/c1-9-3-2-6(5-9)4-7(9)8(10)11/h6-7H,2-5H2,1H3,(H,10,11)/t6?,7-,9?/m1/s1. The molecule has 0 heterocycles. The second-order valence-electron chi connectivity index (χ2n) is 4.39. The fraction of sp³-hybridized carbons (Fsp3) is 0.889. The summed E-state index contributed by atoms with van der Waals surface area (Å²) in [7, 11) is 0. The minimum atomic E-state index is -0.574. The van der Waals surface area contributed by atoms with Gasteiger partial charge in [0.05, 0.1) is 5.92 Å². The lowest BCUT2D eigenvalue weighted by Crippen LogP contribution is -2.28. The Bertz CT molecular complexity index is 200. The molecular weight excluding hydrogens is 140 g/mol. The van der Waals surface area contributed by atoms with Gasteiger partial charge in [-0.15, -0.1) is 0 Å². The van der Waals surface area contributed by atoms with Crippen molar-refractivity contribution in [1.29, 1.82) is 0 Å². The molecule has 2 rings (SSSR count). The van der Waals surface area contributed by atoms with Crippen molar-refractivity contribution in [3.63, 3.8) is 0 Å². The topological polar surface area (TPSA) is 37.3 Å². The van der Waals surface area contributed by atoms with Crippen molar-refractivity contribution in [3.8, 4) is 0 Å². The van der Waals surface area contributed by atoms with Crippen molar-refractivity contribution in [2.45, 2.75) is 32.6 Å². The third-order valence-corrected chi connectivity index (χ3v) is 3.59. The zero-order valence-electron chi connectivity index (χ0n) is 6.84. The maximum atomic E-state index is 10.8. The Kier molecular flexibility index (Phi) is 1.29. The van der Waals surface area contributed by atoms with E-state index >= 15 is 0 Å². The van der Waals surface area contributed by atoms with E-state index in [4.69, 9.17) is 5.11 Å². The van der Waals surface area contributed by atoms with Gasteiger partial charge in [-0.05, 0) is 37.0 Å². The Hall–Kier alpha value is -0.530. The second kappa shape index (κ2) is 1.99. The van der Waals surface area contributed by atoms with Crippen LogP contribution in [0.5, 0.6) is 0 Å². The van der Waals surface area contributed by atoms with Crippen LogP contribution in [0, 0.1) is 17.3 Å². The Balaban J connectivity index is 2.21. The van der Waals surface area contributed by atoms with Crippen molar-refractivity contribution in [2.24, 2.45) is 17.3 Å². The molecule has 2 bridgehead atoms. The summed E-state index contributed by atoms with van der Waals surface area (Å²) in [6, 6.07) is 0. The number of fused-ring (bicyclic) bond motifs is 2.